The molecule has 0 aliphatic heterocycles. The number of hydrogen-bond acceptors (Lipinski definition) is 3. The van der Waals surface area contributed by atoms with Gasteiger partial charge in [-0.1, -0.05) is 37.3 Å². The molecule has 20 heavy (non-hydrogen) atoms. The number of carbonyl (C=O) groups excluding carboxylic acids is 1. The average molecular weight is 309 g/mol. The zero-order valence-electron chi connectivity index (χ0n) is 10.6. The Morgan fingerprint density at radius 3 is 2.25 bits per heavy atom. The first kappa shape index (κ1) is 16.5. The van der Waals surface area contributed by atoms with Gasteiger partial charge in [0.05, 0.1) is 0 Å². The highest BCUT2D eigenvalue weighted by molar-refractivity contribution is 7.92. The van der Waals surface area contributed by atoms with Crippen molar-refractivity contribution >= 4 is 15.7 Å². The van der Waals surface area contributed by atoms with E-state index in [9.17, 15) is 26.4 Å². The summed E-state index contributed by atoms with van der Waals surface area (Å²) in [5.41, 5.74) is -0.151. The first-order valence-electron chi connectivity index (χ1n) is 5.77. The fraction of sp³-hybridized carbons (Fsp3) is 0.417. The molecule has 0 saturated carbocycles. The molecule has 0 heterocycles. The van der Waals surface area contributed by atoms with Crippen molar-refractivity contribution < 1.29 is 26.4 Å². The molecule has 0 unspecified atom stereocenters. The standard InChI is InChI=1S/C12H14F3NO3S/c1-2-20(18,19)8-10(17)16-11(12(13,14)15)9-6-4-3-5-7-9/h3-7,11H,2,8H2,1H3,(H,16,17)/t11-/m1/s1. The van der Waals surface area contributed by atoms with Crippen LogP contribution >= 0.6 is 0 Å². The minimum atomic E-state index is -4.70. The van der Waals surface area contributed by atoms with Gasteiger partial charge in [0.2, 0.25) is 5.91 Å². The number of nitrogens with one attached hydrogen (secondary N) is 1. The van der Waals surface area contributed by atoms with Crippen molar-refractivity contribution in [1.82, 2.24) is 5.32 Å². The first-order chi connectivity index (χ1) is 9.15. The smallest absolute Gasteiger partial charge is 0.340 e. The summed E-state index contributed by atoms with van der Waals surface area (Å²) in [5.74, 6) is -2.43. The maximum absolute atomic E-state index is 12.9. The molecule has 0 aliphatic rings. The van der Waals surface area contributed by atoms with E-state index in [0.29, 0.717) is 0 Å². The summed E-state index contributed by atoms with van der Waals surface area (Å²) in [6, 6.07) is 4.56. The Hall–Kier alpha value is -1.57. The van der Waals surface area contributed by atoms with Gasteiger partial charge in [-0.15, -0.1) is 0 Å². The van der Waals surface area contributed by atoms with Gasteiger partial charge in [-0.2, -0.15) is 13.2 Å². The van der Waals surface area contributed by atoms with E-state index in [0.717, 1.165) is 0 Å². The molecule has 1 atom stereocenters. The number of rotatable bonds is 5. The summed E-state index contributed by atoms with van der Waals surface area (Å²) >= 11 is 0. The average Bonchev–Trinajstić information content (AvgIpc) is 2.35. The molecule has 0 aliphatic carbocycles. The van der Waals surface area contributed by atoms with Crippen LogP contribution in [0.2, 0.25) is 0 Å². The Labute approximate surface area is 114 Å². The Bertz CT molecular complexity index is 555. The molecule has 0 aromatic heterocycles. The van der Waals surface area contributed by atoms with Crippen LogP contribution in [0, 0.1) is 0 Å². The van der Waals surface area contributed by atoms with Crippen LogP contribution in [0.5, 0.6) is 0 Å². The number of sulfone groups is 1. The van der Waals surface area contributed by atoms with E-state index in [-0.39, 0.29) is 11.3 Å². The number of amides is 1. The summed E-state index contributed by atoms with van der Waals surface area (Å²) in [6.07, 6.45) is -4.70. The third kappa shape index (κ3) is 4.84. The van der Waals surface area contributed by atoms with Gasteiger partial charge in [0.15, 0.2) is 15.9 Å². The minimum absolute atomic E-state index is 0.151. The number of alkyl halides is 3. The highest BCUT2D eigenvalue weighted by Crippen LogP contribution is 2.32. The van der Waals surface area contributed by atoms with Gasteiger partial charge in [-0.05, 0) is 5.56 Å². The van der Waals surface area contributed by atoms with Crippen LogP contribution in [0.1, 0.15) is 18.5 Å². The predicted octanol–water partition coefficient (Wildman–Crippen LogP) is 1.84. The molecule has 0 fully saturated rings. The summed E-state index contributed by atoms with van der Waals surface area (Å²) in [4.78, 5) is 11.5. The molecule has 0 bridgehead atoms. The molecule has 1 aromatic carbocycles. The highest BCUT2D eigenvalue weighted by Gasteiger charge is 2.42. The Balaban J connectivity index is 2.91. The summed E-state index contributed by atoms with van der Waals surface area (Å²) in [7, 11) is -3.67. The van der Waals surface area contributed by atoms with Crippen LogP contribution in [0.4, 0.5) is 13.2 Å². The van der Waals surface area contributed by atoms with Gasteiger partial charge in [0.1, 0.15) is 5.75 Å². The van der Waals surface area contributed by atoms with Gasteiger partial charge in [0, 0.05) is 5.75 Å². The molecule has 1 amide bonds. The first-order valence-corrected chi connectivity index (χ1v) is 7.59. The van der Waals surface area contributed by atoms with Crippen LogP contribution in [-0.4, -0.2) is 32.0 Å². The third-order valence-corrected chi connectivity index (χ3v) is 4.14. The lowest BCUT2D eigenvalue weighted by molar-refractivity contribution is -0.162. The van der Waals surface area contributed by atoms with E-state index in [4.69, 9.17) is 0 Å². The zero-order chi connectivity index (χ0) is 15.4. The molecule has 1 rings (SSSR count). The maximum atomic E-state index is 12.9. The molecule has 112 valence electrons. The van der Waals surface area contributed by atoms with E-state index < -0.39 is 33.7 Å². The molecular formula is C12H14F3NO3S. The summed E-state index contributed by atoms with van der Waals surface area (Å²) in [6.45, 7) is 1.32. The number of hydrogen-bond donors (Lipinski definition) is 1. The molecular weight excluding hydrogens is 295 g/mol. The third-order valence-electron chi connectivity index (χ3n) is 2.56. The lowest BCUT2D eigenvalue weighted by atomic mass is 10.1. The number of carbonyl (C=O) groups is 1. The van der Waals surface area contributed by atoms with E-state index in [1.165, 1.54) is 31.2 Å². The fourth-order valence-corrected chi connectivity index (χ4v) is 2.19. The van der Waals surface area contributed by atoms with Crippen LogP contribution in [0.25, 0.3) is 0 Å². The lowest BCUT2D eigenvalue weighted by Crippen LogP contribution is -2.40. The number of benzene rings is 1. The van der Waals surface area contributed by atoms with Crippen molar-refractivity contribution in [3.63, 3.8) is 0 Å². The normalized spacial score (nSPS) is 13.8. The monoisotopic (exact) mass is 309 g/mol. The molecule has 4 nitrogen and oxygen atoms in total. The summed E-state index contributed by atoms with van der Waals surface area (Å²) in [5, 5.41) is 1.72. The largest absolute Gasteiger partial charge is 0.412 e. The lowest BCUT2D eigenvalue weighted by Gasteiger charge is -2.22. The Morgan fingerprint density at radius 2 is 1.80 bits per heavy atom. The highest BCUT2D eigenvalue weighted by atomic mass is 32.2. The zero-order valence-corrected chi connectivity index (χ0v) is 11.5. The topological polar surface area (TPSA) is 63.2 Å². The predicted molar refractivity (Wildman–Crippen MR) is 67.7 cm³/mol. The van der Waals surface area contributed by atoms with Crippen LogP contribution in [0.15, 0.2) is 30.3 Å². The van der Waals surface area contributed by atoms with Crippen molar-refractivity contribution in [1.29, 1.82) is 0 Å². The molecule has 1 N–H and O–H groups in total. The second kappa shape index (κ2) is 6.25. The minimum Gasteiger partial charge on any atom is -0.340 e. The van der Waals surface area contributed by atoms with E-state index >= 15 is 0 Å². The van der Waals surface area contributed by atoms with Crippen molar-refractivity contribution in [3.8, 4) is 0 Å². The van der Waals surface area contributed by atoms with E-state index in [1.54, 1.807) is 11.4 Å². The van der Waals surface area contributed by atoms with Gasteiger partial charge in [-0.25, -0.2) is 8.42 Å². The molecule has 0 spiro atoms. The Kier molecular flexibility index (Phi) is 5.15. The van der Waals surface area contributed by atoms with Crippen molar-refractivity contribution in [3.05, 3.63) is 35.9 Å². The van der Waals surface area contributed by atoms with Crippen LogP contribution < -0.4 is 5.32 Å². The summed E-state index contributed by atoms with van der Waals surface area (Å²) < 4.78 is 61.2. The van der Waals surface area contributed by atoms with E-state index in [1.807, 2.05) is 0 Å². The van der Waals surface area contributed by atoms with Crippen molar-refractivity contribution in [2.45, 2.75) is 19.1 Å². The van der Waals surface area contributed by atoms with Crippen LogP contribution in [0.3, 0.4) is 0 Å². The van der Waals surface area contributed by atoms with Gasteiger partial charge in [0.25, 0.3) is 0 Å². The quantitative estimate of drug-likeness (QED) is 0.903. The SMILES string of the molecule is CCS(=O)(=O)CC(=O)N[C@H](c1ccccc1)C(F)(F)F. The molecule has 8 heteroatoms. The number of halogens is 3. The molecule has 0 radical (unpaired) electrons. The molecule has 0 saturated heterocycles. The fourth-order valence-electron chi connectivity index (χ4n) is 1.50. The van der Waals surface area contributed by atoms with Crippen molar-refractivity contribution in [2.75, 3.05) is 11.5 Å². The Morgan fingerprint density at radius 1 is 1.25 bits per heavy atom. The second-order valence-corrected chi connectivity index (χ2v) is 6.48. The van der Waals surface area contributed by atoms with E-state index in [2.05, 4.69) is 0 Å². The van der Waals surface area contributed by atoms with Gasteiger partial charge in [-0.3, -0.25) is 4.79 Å². The van der Waals surface area contributed by atoms with Crippen molar-refractivity contribution in [2.24, 2.45) is 0 Å². The van der Waals surface area contributed by atoms with Crippen LogP contribution in [-0.2, 0) is 14.6 Å². The molecule has 1 aromatic rings. The second-order valence-electron chi connectivity index (χ2n) is 4.13. The maximum Gasteiger partial charge on any atom is 0.412 e. The van der Waals surface area contributed by atoms with Gasteiger partial charge >= 0.3 is 6.18 Å². The van der Waals surface area contributed by atoms with Gasteiger partial charge < -0.3 is 5.32 Å².